The first-order valence-electron chi connectivity index (χ1n) is 6.96. The van der Waals surface area contributed by atoms with Crippen LogP contribution in [0, 0.1) is 6.92 Å². The number of hydrogen-bond acceptors (Lipinski definition) is 6. The van der Waals surface area contributed by atoms with Crippen LogP contribution in [0.4, 0.5) is 5.82 Å². The molecule has 0 unspecified atom stereocenters. The molecule has 1 atom stereocenters. The molecule has 0 saturated carbocycles. The molecule has 0 bridgehead atoms. The van der Waals surface area contributed by atoms with Crippen molar-refractivity contribution in [2.24, 2.45) is 0 Å². The zero-order chi connectivity index (χ0) is 14.8. The Morgan fingerprint density at radius 3 is 3.10 bits per heavy atom. The first-order valence-corrected chi connectivity index (χ1v) is 7.77. The fraction of sp³-hybridized carbons (Fsp3) is 0.429. The summed E-state index contributed by atoms with van der Waals surface area (Å²) in [4.78, 5) is 25.9. The van der Waals surface area contributed by atoms with Crippen molar-refractivity contribution in [2.75, 3.05) is 12.3 Å². The van der Waals surface area contributed by atoms with E-state index < -0.39 is 0 Å². The van der Waals surface area contributed by atoms with Crippen LogP contribution in [-0.4, -0.2) is 27.4 Å². The van der Waals surface area contributed by atoms with E-state index in [-0.39, 0.29) is 23.3 Å². The van der Waals surface area contributed by atoms with Gasteiger partial charge in [0.15, 0.2) is 11.5 Å². The lowest BCUT2D eigenvalue weighted by Crippen LogP contribution is -2.31. The van der Waals surface area contributed by atoms with Gasteiger partial charge in [-0.05, 0) is 26.2 Å². The van der Waals surface area contributed by atoms with Crippen molar-refractivity contribution in [3.8, 4) is 0 Å². The van der Waals surface area contributed by atoms with Gasteiger partial charge in [-0.1, -0.05) is 0 Å². The Labute approximate surface area is 126 Å². The lowest BCUT2D eigenvalue weighted by atomic mass is 9.91. The Kier molecular flexibility index (Phi) is 3.83. The van der Waals surface area contributed by atoms with E-state index in [2.05, 4.69) is 20.3 Å². The Balaban J connectivity index is 1.69. The molecule has 7 heteroatoms. The average molecular weight is 303 g/mol. The number of amides is 1. The van der Waals surface area contributed by atoms with Crippen LogP contribution in [0.5, 0.6) is 0 Å². The van der Waals surface area contributed by atoms with Crippen molar-refractivity contribution in [3.63, 3.8) is 0 Å². The number of carbonyl (C=O) groups is 1. The number of fused-ring (bicyclic) bond motifs is 1. The van der Waals surface area contributed by atoms with Crippen LogP contribution in [0.3, 0.4) is 0 Å². The number of nitrogens with two attached hydrogens (primary N) is 1. The molecule has 110 valence electrons. The molecule has 21 heavy (non-hydrogen) atoms. The standard InChI is InChI=1S/C14H17N5OS/c1-8-19-11-9(3-2-4-10(11)21-8)7-18-14(20)12-13(15)17-6-5-16-12/h5-6,9H,2-4,7H2,1H3,(H2,15,17)(H,18,20)/t9-/m1/s1. The lowest BCUT2D eigenvalue weighted by Gasteiger charge is -2.21. The number of hydrogen-bond donors (Lipinski definition) is 2. The van der Waals surface area contributed by atoms with Gasteiger partial charge >= 0.3 is 0 Å². The first-order chi connectivity index (χ1) is 10.1. The number of anilines is 1. The number of aromatic nitrogens is 3. The second kappa shape index (κ2) is 5.77. The summed E-state index contributed by atoms with van der Waals surface area (Å²) in [5.41, 5.74) is 7.00. The molecule has 0 aromatic carbocycles. The number of nitrogens with zero attached hydrogens (tertiary/aromatic N) is 3. The molecule has 1 amide bonds. The van der Waals surface area contributed by atoms with Crippen molar-refractivity contribution >= 4 is 23.1 Å². The molecule has 2 aromatic rings. The minimum absolute atomic E-state index is 0.156. The number of nitrogens with one attached hydrogen (secondary N) is 1. The monoisotopic (exact) mass is 303 g/mol. The quantitative estimate of drug-likeness (QED) is 0.899. The van der Waals surface area contributed by atoms with Gasteiger partial charge in [-0.15, -0.1) is 11.3 Å². The third kappa shape index (κ3) is 2.87. The van der Waals surface area contributed by atoms with Crippen molar-refractivity contribution in [1.82, 2.24) is 20.3 Å². The fourth-order valence-electron chi connectivity index (χ4n) is 2.65. The van der Waals surface area contributed by atoms with Gasteiger partial charge in [0, 0.05) is 29.7 Å². The van der Waals surface area contributed by atoms with E-state index in [0.29, 0.717) is 6.54 Å². The van der Waals surface area contributed by atoms with E-state index in [9.17, 15) is 4.79 Å². The highest BCUT2D eigenvalue weighted by molar-refractivity contribution is 7.11. The molecule has 0 spiro atoms. The van der Waals surface area contributed by atoms with E-state index >= 15 is 0 Å². The molecule has 1 aliphatic carbocycles. The van der Waals surface area contributed by atoms with E-state index in [1.807, 2.05) is 6.92 Å². The summed E-state index contributed by atoms with van der Waals surface area (Å²) in [5, 5.41) is 4.00. The average Bonchev–Trinajstić information content (AvgIpc) is 2.86. The van der Waals surface area contributed by atoms with Gasteiger partial charge < -0.3 is 11.1 Å². The number of rotatable bonds is 3. The van der Waals surface area contributed by atoms with Crippen molar-refractivity contribution in [3.05, 3.63) is 33.7 Å². The third-order valence-electron chi connectivity index (χ3n) is 3.63. The summed E-state index contributed by atoms with van der Waals surface area (Å²) < 4.78 is 0. The molecule has 2 aromatic heterocycles. The molecule has 0 saturated heterocycles. The van der Waals surface area contributed by atoms with Gasteiger partial charge in [-0.3, -0.25) is 4.79 Å². The molecule has 3 N–H and O–H groups in total. The lowest BCUT2D eigenvalue weighted by molar-refractivity contribution is 0.0946. The number of thiazole rings is 1. The van der Waals surface area contributed by atoms with Gasteiger partial charge in [0.2, 0.25) is 0 Å². The van der Waals surface area contributed by atoms with Gasteiger partial charge in [-0.2, -0.15) is 0 Å². The molecular formula is C14H17N5OS. The molecule has 0 aliphatic heterocycles. The molecule has 1 aliphatic rings. The molecule has 2 heterocycles. The largest absolute Gasteiger partial charge is 0.382 e. The minimum Gasteiger partial charge on any atom is -0.382 e. The predicted molar refractivity (Wildman–Crippen MR) is 81.3 cm³/mol. The maximum Gasteiger partial charge on any atom is 0.273 e. The molecule has 3 rings (SSSR count). The van der Waals surface area contributed by atoms with Crippen molar-refractivity contribution in [2.45, 2.75) is 32.1 Å². The Hall–Kier alpha value is -2.02. The van der Waals surface area contributed by atoms with Crippen LogP contribution in [0.15, 0.2) is 12.4 Å². The van der Waals surface area contributed by atoms with Crippen LogP contribution in [-0.2, 0) is 6.42 Å². The maximum atomic E-state index is 12.1. The van der Waals surface area contributed by atoms with E-state index in [1.165, 1.54) is 17.3 Å². The topological polar surface area (TPSA) is 93.8 Å². The van der Waals surface area contributed by atoms with Crippen molar-refractivity contribution in [1.29, 1.82) is 0 Å². The van der Waals surface area contributed by atoms with Crippen LogP contribution in [0.1, 0.15) is 44.8 Å². The van der Waals surface area contributed by atoms with Gasteiger partial charge in [0.25, 0.3) is 5.91 Å². The van der Waals surface area contributed by atoms with E-state index in [0.717, 1.165) is 30.0 Å². The summed E-state index contributed by atoms with van der Waals surface area (Å²) in [6.45, 7) is 2.59. The van der Waals surface area contributed by atoms with Crippen molar-refractivity contribution < 1.29 is 4.79 Å². The second-order valence-electron chi connectivity index (χ2n) is 5.13. The number of aryl methyl sites for hydroxylation is 2. The van der Waals surface area contributed by atoms with Crippen LogP contribution in [0.25, 0.3) is 0 Å². The summed E-state index contributed by atoms with van der Waals surface area (Å²) in [7, 11) is 0. The second-order valence-corrected chi connectivity index (χ2v) is 6.42. The number of nitrogen functional groups attached to an aromatic ring is 1. The highest BCUT2D eigenvalue weighted by Crippen LogP contribution is 2.34. The molecule has 0 radical (unpaired) electrons. The molecule has 6 nitrogen and oxygen atoms in total. The summed E-state index contributed by atoms with van der Waals surface area (Å²) >= 11 is 1.76. The zero-order valence-corrected chi connectivity index (χ0v) is 12.6. The maximum absolute atomic E-state index is 12.1. The fourth-order valence-corrected chi connectivity index (χ4v) is 3.72. The summed E-state index contributed by atoms with van der Waals surface area (Å²) in [6, 6.07) is 0. The third-order valence-corrected chi connectivity index (χ3v) is 4.67. The van der Waals surface area contributed by atoms with Gasteiger partial charge in [0.1, 0.15) is 0 Å². The normalized spacial score (nSPS) is 17.3. The Morgan fingerprint density at radius 2 is 2.29 bits per heavy atom. The van der Waals surface area contributed by atoms with Crippen LogP contribution in [0.2, 0.25) is 0 Å². The predicted octanol–water partition coefficient (Wildman–Crippen LogP) is 1.67. The first kappa shape index (κ1) is 13.9. The van der Waals surface area contributed by atoms with Crippen LogP contribution >= 0.6 is 11.3 Å². The summed E-state index contributed by atoms with van der Waals surface area (Å²) in [6.07, 6.45) is 6.22. The Bertz CT molecular complexity index is 669. The minimum atomic E-state index is -0.278. The molecule has 0 fully saturated rings. The zero-order valence-electron chi connectivity index (χ0n) is 11.8. The highest BCUT2D eigenvalue weighted by atomic mass is 32.1. The number of carbonyl (C=O) groups excluding carboxylic acids is 1. The molecular weight excluding hydrogens is 286 g/mol. The SMILES string of the molecule is Cc1nc2c(s1)CCC[C@@H]2CNC(=O)c1nccnc1N. The highest BCUT2D eigenvalue weighted by Gasteiger charge is 2.25. The summed E-state index contributed by atoms with van der Waals surface area (Å²) in [5.74, 6) is 0.157. The van der Waals surface area contributed by atoms with E-state index in [4.69, 9.17) is 5.73 Å². The van der Waals surface area contributed by atoms with Crippen LogP contribution < -0.4 is 11.1 Å². The smallest absolute Gasteiger partial charge is 0.273 e. The van der Waals surface area contributed by atoms with E-state index in [1.54, 1.807) is 11.3 Å². The van der Waals surface area contributed by atoms with Gasteiger partial charge in [-0.25, -0.2) is 15.0 Å². The van der Waals surface area contributed by atoms with Gasteiger partial charge in [0.05, 0.1) is 10.7 Å². The Morgan fingerprint density at radius 1 is 1.48 bits per heavy atom.